The Labute approximate surface area is 222 Å². The zero-order valence-corrected chi connectivity index (χ0v) is 21.8. The van der Waals surface area contributed by atoms with Crippen molar-refractivity contribution in [3.63, 3.8) is 0 Å². The number of para-hydroxylation sites is 2. The number of imidazole rings is 1. The second-order valence-electron chi connectivity index (χ2n) is 9.90. The molecule has 0 N–H and O–H groups in total. The van der Waals surface area contributed by atoms with Gasteiger partial charge in [0.05, 0.1) is 17.6 Å². The zero-order valence-electron chi connectivity index (χ0n) is 21.8. The van der Waals surface area contributed by atoms with Crippen molar-refractivity contribution in [2.24, 2.45) is 0 Å². The molecule has 1 unspecified atom stereocenters. The van der Waals surface area contributed by atoms with Gasteiger partial charge >= 0.3 is 0 Å². The monoisotopic (exact) mass is 511 g/mol. The molecule has 38 heavy (non-hydrogen) atoms. The highest BCUT2D eigenvalue weighted by Gasteiger charge is 2.35. The minimum atomic E-state index is 0.0245. The standard InChI is InChI=1S/C31H33N3O4/c1-2-22-9-12-25(13-10-22)36-16-6-5-15-33-27-8-4-3-7-26(27)32-31(33)23-19-30(35)34(21-23)24-11-14-28-29(20-24)38-18-17-37-28/h3-4,7-14,20,23H,2,5-6,15-19,21H2,1H3. The number of amides is 1. The average molecular weight is 512 g/mol. The summed E-state index contributed by atoms with van der Waals surface area (Å²) >= 11 is 0. The van der Waals surface area contributed by atoms with E-state index >= 15 is 0 Å². The van der Waals surface area contributed by atoms with E-state index in [4.69, 9.17) is 19.2 Å². The van der Waals surface area contributed by atoms with Gasteiger partial charge < -0.3 is 23.7 Å². The largest absolute Gasteiger partial charge is 0.494 e. The molecular formula is C31H33N3O4. The van der Waals surface area contributed by atoms with Crippen LogP contribution in [0.1, 0.15) is 43.5 Å². The van der Waals surface area contributed by atoms with E-state index in [0.29, 0.717) is 38.5 Å². The lowest BCUT2D eigenvalue weighted by Gasteiger charge is -2.22. The smallest absolute Gasteiger partial charge is 0.227 e. The molecule has 0 radical (unpaired) electrons. The lowest BCUT2D eigenvalue weighted by molar-refractivity contribution is -0.117. The van der Waals surface area contributed by atoms with Gasteiger partial charge in [-0.2, -0.15) is 0 Å². The third-order valence-electron chi connectivity index (χ3n) is 7.39. The van der Waals surface area contributed by atoms with E-state index in [2.05, 4.69) is 35.8 Å². The van der Waals surface area contributed by atoms with Crippen molar-refractivity contribution in [2.75, 3.05) is 31.3 Å². The quantitative estimate of drug-likeness (QED) is 0.268. The predicted molar refractivity (Wildman–Crippen MR) is 147 cm³/mol. The number of aromatic nitrogens is 2. The average Bonchev–Trinajstić information content (AvgIpc) is 3.53. The molecule has 7 nitrogen and oxygen atoms in total. The summed E-state index contributed by atoms with van der Waals surface area (Å²) in [5.74, 6) is 3.45. The van der Waals surface area contributed by atoms with Gasteiger partial charge in [0.1, 0.15) is 24.8 Å². The minimum absolute atomic E-state index is 0.0245. The Kier molecular flexibility index (Phi) is 6.90. The van der Waals surface area contributed by atoms with Gasteiger partial charge in [0.15, 0.2) is 11.5 Å². The Morgan fingerprint density at radius 1 is 0.974 bits per heavy atom. The molecule has 0 spiro atoms. The number of anilines is 1. The molecule has 6 rings (SSSR count). The van der Waals surface area contributed by atoms with E-state index in [9.17, 15) is 4.79 Å². The molecule has 2 aliphatic rings. The SMILES string of the molecule is CCc1ccc(OCCCCn2c(C3CC(=O)N(c4ccc5c(c4)OCCO5)C3)nc3ccccc32)cc1. The molecule has 1 fully saturated rings. The zero-order chi connectivity index (χ0) is 25.9. The van der Waals surface area contributed by atoms with Gasteiger partial charge in [-0.1, -0.05) is 31.2 Å². The van der Waals surface area contributed by atoms with E-state index in [-0.39, 0.29) is 11.8 Å². The van der Waals surface area contributed by atoms with Gasteiger partial charge in [-0.25, -0.2) is 4.98 Å². The normalized spacial score (nSPS) is 16.8. The summed E-state index contributed by atoms with van der Waals surface area (Å²) in [6.45, 7) is 5.33. The minimum Gasteiger partial charge on any atom is -0.494 e. The van der Waals surface area contributed by atoms with Gasteiger partial charge in [0, 0.05) is 37.2 Å². The van der Waals surface area contributed by atoms with Gasteiger partial charge in [-0.15, -0.1) is 0 Å². The van der Waals surface area contributed by atoms with Crippen molar-refractivity contribution < 1.29 is 19.0 Å². The van der Waals surface area contributed by atoms with Crippen molar-refractivity contribution in [2.45, 2.75) is 45.1 Å². The number of nitrogens with zero attached hydrogens (tertiary/aromatic N) is 3. The van der Waals surface area contributed by atoms with Crippen LogP contribution in [0.15, 0.2) is 66.7 Å². The number of ether oxygens (including phenoxy) is 3. The van der Waals surface area contributed by atoms with Gasteiger partial charge in [0.2, 0.25) is 5.91 Å². The highest BCUT2D eigenvalue weighted by Crippen LogP contribution is 2.38. The summed E-state index contributed by atoms with van der Waals surface area (Å²) in [6.07, 6.45) is 3.37. The Balaban J connectivity index is 1.14. The van der Waals surface area contributed by atoms with Crippen LogP contribution in [0.4, 0.5) is 5.69 Å². The highest BCUT2D eigenvalue weighted by molar-refractivity contribution is 5.97. The maximum atomic E-state index is 13.1. The van der Waals surface area contributed by atoms with Crippen LogP contribution in [0.3, 0.4) is 0 Å². The Bertz CT molecular complexity index is 1430. The van der Waals surface area contributed by atoms with Crippen LogP contribution in [-0.4, -0.2) is 41.8 Å². The van der Waals surface area contributed by atoms with Crippen LogP contribution in [-0.2, 0) is 17.8 Å². The van der Waals surface area contributed by atoms with E-state index in [1.165, 1.54) is 5.56 Å². The third-order valence-corrected chi connectivity index (χ3v) is 7.39. The molecular weight excluding hydrogens is 478 g/mol. The van der Waals surface area contributed by atoms with Crippen molar-refractivity contribution >= 4 is 22.6 Å². The van der Waals surface area contributed by atoms with Gasteiger partial charge in [-0.05, 0) is 61.2 Å². The number of carbonyl (C=O) groups excluding carboxylic acids is 1. The fourth-order valence-corrected chi connectivity index (χ4v) is 5.35. The summed E-state index contributed by atoms with van der Waals surface area (Å²) < 4.78 is 19.7. The number of hydrogen-bond donors (Lipinski definition) is 0. The first-order valence-corrected chi connectivity index (χ1v) is 13.6. The first kappa shape index (κ1) is 24.3. The van der Waals surface area contributed by atoms with Crippen molar-refractivity contribution in [3.05, 3.63) is 78.1 Å². The third kappa shape index (κ3) is 4.93. The molecule has 3 heterocycles. The molecule has 4 aromatic rings. The second-order valence-corrected chi connectivity index (χ2v) is 9.90. The number of unbranched alkanes of at least 4 members (excludes halogenated alkanes) is 1. The molecule has 196 valence electrons. The summed E-state index contributed by atoms with van der Waals surface area (Å²) in [5, 5.41) is 0. The van der Waals surface area contributed by atoms with E-state index in [1.807, 2.05) is 47.4 Å². The second kappa shape index (κ2) is 10.8. The van der Waals surface area contributed by atoms with Crippen LogP contribution < -0.4 is 19.1 Å². The van der Waals surface area contributed by atoms with Crippen molar-refractivity contribution in [1.82, 2.24) is 9.55 Å². The van der Waals surface area contributed by atoms with Crippen LogP contribution in [0.25, 0.3) is 11.0 Å². The summed E-state index contributed by atoms with van der Waals surface area (Å²) in [5.41, 5.74) is 4.24. The molecule has 1 aromatic heterocycles. The van der Waals surface area contributed by atoms with Crippen LogP contribution >= 0.6 is 0 Å². The highest BCUT2D eigenvalue weighted by atomic mass is 16.6. The fourth-order valence-electron chi connectivity index (χ4n) is 5.35. The van der Waals surface area contributed by atoms with E-state index in [1.54, 1.807) is 0 Å². The molecule has 1 amide bonds. The van der Waals surface area contributed by atoms with E-state index < -0.39 is 0 Å². The van der Waals surface area contributed by atoms with Crippen molar-refractivity contribution in [3.8, 4) is 17.2 Å². The number of carbonyl (C=O) groups is 1. The number of benzene rings is 3. The molecule has 0 aliphatic carbocycles. The molecule has 3 aromatic carbocycles. The number of aryl methyl sites for hydroxylation is 2. The molecule has 1 saturated heterocycles. The Hall–Kier alpha value is -4.00. The number of fused-ring (bicyclic) bond motifs is 2. The van der Waals surface area contributed by atoms with Crippen LogP contribution in [0.5, 0.6) is 17.2 Å². The van der Waals surface area contributed by atoms with Gasteiger partial charge in [-0.3, -0.25) is 4.79 Å². The lowest BCUT2D eigenvalue weighted by atomic mass is 10.1. The van der Waals surface area contributed by atoms with Crippen molar-refractivity contribution in [1.29, 1.82) is 0 Å². The first-order valence-electron chi connectivity index (χ1n) is 13.6. The van der Waals surface area contributed by atoms with E-state index in [0.717, 1.165) is 59.9 Å². The first-order chi connectivity index (χ1) is 18.7. The summed E-state index contributed by atoms with van der Waals surface area (Å²) in [6, 6.07) is 22.3. The molecule has 0 saturated carbocycles. The Morgan fingerprint density at radius 2 is 1.79 bits per heavy atom. The summed E-state index contributed by atoms with van der Waals surface area (Å²) in [7, 11) is 0. The Morgan fingerprint density at radius 3 is 2.63 bits per heavy atom. The van der Waals surface area contributed by atoms with Crippen LogP contribution in [0, 0.1) is 0 Å². The molecule has 0 bridgehead atoms. The number of hydrogen-bond acceptors (Lipinski definition) is 5. The molecule has 7 heteroatoms. The molecule has 2 aliphatic heterocycles. The fraction of sp³-hybridized carbons (Fsp3) is 0.355. The predicted octanol–water partition coefficient (Wildman–Crippen LogP) is 5.75. The molecule has 1 atom stereocenters. The van der Waals surface area contributed by atoms with Crippen LogP contribution in [0.2, 0.25) is 0 Å². The number of rotatable bonds is 9. The maximum absolute atomic E-state index is 13.1. The summed E-state index contributed by atoms with van der Waals surface area (Å²) in [4.78, 5) is 20.0. The topological polar surface area (TPSA) is 65.8 Å². The lowest BCUT2D eigenvalue weighted by Crippen LogP contribution is -2.25. The maximum Gasteiger partial charge on any atom is 0.227 e. The van der Waals surface area contributed by atoms with Gasteiger partial charge in [0.25, 0.3) is 0 Å².